The zero-order chi connectivity index (χ0) is 14.7. The molecule has 2 aromatic rings. The van der Waals surface area contributed by atoms with E-state index in [4.69, 9.17) is 10.8 Å². The molecule has 0 saturated carbocycles. The fourth-order valence-corrected chi connectivity index (χ4v) is 1.91. The Morgan fingerprint density at radius 1 is 1.45 bits per heavy atom. The number of carboxylic acids is 1. The number of rotatable bonds is 5. The van der Waals surface area contributed by atoms with E-state index in [1.165, 1.54) is 4.68 Å². The topological polar surface area (TPSA) is 114 Å². The standard InChI is InChI=1S/C13H16N4O3/c1-8-3-4-9(7-10(8)14)12-11(13(19)20)15-16-17(12)5-2-6-18/h3-4,7,18H,2,5-6,14H2,1H3,(H,19,20). The first-order chi connectivity index (χ1) is 9.54. The van der Waals surface area contributed by atoms with Crippen LogP contribution in [0.5, 0.6) is 0 Å². The highest BCUT2D eigenvalue weighted by Crippen LogP contribution is 2.26. The largest absolute Gasteiger partial charge is 0.476 e. The van der Waals surface area contributed by atoms with Crippen LogP contribution in [0.15, 0.2) is 18.2 Å². The molecule has 0 aliphatic heterocycles. The SMILES string of the molecule is Cc1ccc(-c2c(C(=O)O)nnn2CCCO)cc1N. The van der Waals surface area contributed by atoms with E-state index in [2.05, 4.69) is 10.3 Å². The number of benzene rings is 1. The first kappa shape index (κ1) is 14.0. The maximum Gasteiger partial charge on any atom is 0.358 e. The fourth-order valence-electron chi connectivity index (χ4n) is 1.91. The Balaban J connectivity index is 2.53. The van der Waals surface area contributed by atoms with Crippen LogP contribution in [0.2, 0.25) is 0 Å². The zero-order valence-corrected chi connectivity index (χ0v) is 11.1. The lowest BCUT2D eigenvalue weighted by molar-refractivity contribution is 0.0691. The van der Waals surface area contributed by atoms with Gasteiger partial charge in [0.05, 0.1) is 0 Å². The molecule has 1 aromatic carbocycles. The van der Waals surface area contributed by atoms with Gasteiger partial charge in [-0.15, -0.1) is 5.10 Å². The second-order valence-electron chi connectivity index (χ2n) is 4.46. The number of hydrogen-bond acceptors (Lipinski definition) is 5. The number of aryl methyl sites for hydroxylation is 2. The van der Waals surface area contributed by atoms with Gasteiger partial charge in [-0.1, -0.05) is 17.3 Å². The van der Waals surface area contributed by atoms with Crippen LogP contribution >= 0.6 is 0 Å². The summed E-state index contributed by atoms with van der Waals surface area (Å²) in [4.78, 5) is 11.2. The molecule has 7 heteroatoms. The molecule has 20 heavy (non-hydrogen) atoms. The first-order valence-corrected chi connectivity index (χ1v) is 6.18. The summed E-state index contributed by atoms with van der Waals surface area (Å²) in [5, 5.41) is 25.6. The molecule has 0 unspecified atom stereocenters. The van der Waals surface area contributed by atoms with Crippen LogP contribution in [0.4, 0.5) is 5.69 Å². The number of nitrogen functional groups attached to an aromatic ring is 1. The third-order valence-corrected chi connectivity index (χ3v) is 3.02. The number of hydrogen-bond donors (Lipinski definition) is 3. The number of nitrogens with two attached hydrogens (primary N) is 1. The smallest absolute Gasteiger partial charge is 0.358 e. The van der Waals surface area contributed by atoms with Crippen molar-refractivity contribution in [2.24, 2.45) is 0 Å². The van der Waals surface area contributed by atoms with Gasteiger partial charge in [0.1, 0.15) is 5.69 Å². The molecule has 2 rings (SSSR count). The van der Waals surface area contributed by atoms with E-state index in [1.54, 1.807) is 12.1 Å². The molecule has 0 bridgehead atoms. The predicted octanol–water partition coefficient (Wildman–Crippen LogP) is 0.916. The van der Waals surface area contributed by atoms with E-state index in [1.807, 2.05) is 13.0 Å². The number of aliphatic hydroxyl groups is 1. The van der Waals surface area contributed by atoms with Crippen molar-refractivity contribution in [1.29, 1.82) is 0 Å². The third-order valence-electron chi connectivity index (χ3n) is 3.02. The number of carbonyl (C=O) groups is 1. The van der Waals surface area contributed by atoms with Crippen LogP contribution in [0.1, 0.15) is 22.5 Å². The molecule has 0 aliphatic rings. The Morgan fingerprint density at radius 2 is 2.20 bits per heavy atom. The second kappa shape index (κ2) is 5.70. The van der Waals surface area contributed by atoms with Crippen LogP contribution in [-0.4, -0.2) is 37.8 Å². The lowest BCUT2D eigenvalue weighted by Crippen LogP contribution is -2.06. The maximum absolute atomic E-state index is 11.2. The monoisotopic (exact) mass is 276 g/mol. The van der Waals surface area contributed by atoms with Gasteiger partial charge in [0.15, 0.2) is 5.69 Å². The third kappa shape index (κ3) is 2.62. The minimum atomic E-state index is -1.14. The summed E-state index contributed by atoms with van der Waals surface area (Å²) in [7, 11) is 0. The van der Waals surface area contributed by atoms with E-state index in [0.717, 1.165) is 5.56 Å². The van der Waals surface area contributed by atoms with E-state index in [9.17, 15) is 9.90 Å². The van der Waals surface area contributed by atoms with Gasteiger partial charge in [0.2, 0.25) is 0 Å². The predicted molar refractivity (Wildman–Crippen MR) is 73.3 cm³/mol. The summed E-state index contributed by atoms with van der Waals surface area (Å²) < 4.78 is 1.48. The van der Waals surface area contributed by atoms with Gasteiger partial charge >= 0.3 is 5.97 Å². The zero-order valence-electron chi connectivity index (χ0n) is 11.1. The van der Waals surface area contributed by atoms with E-state index in [-0.39, 0.29) is 12.3 Å². The molecule has 1 heterocycles. The number of nitrogens with zero attached hydrogens (tertiary/aromatic N) is 3. The molecule has 106 valence electrons. The summed E-state index contributed by atoms with van der Waals surface area (Å²) in [6.45, 7) is 2.26. The molecule has 1 aromatic heterocycles. The molecule has 7 nitrogen and oxygen atoms in total. The molecule has 0 amide bonds. The quantitative estimate of drug-likeness (QED) is 0.699. The highest BCUT2D eigenvalue weighted by molar-refractivity contribution is 5.93. The van der Waals surface area contributed by atoms with Crippen LogP contribution in [0.25, 0.3) is 11.3 Å². The second-order valence-corrected chi connectivity index (χ2v) is 4.46. The van der Waals surface area contributed by atoms with Gasteiger partial charge in [0, 0.05) is 24.4 Å². The van der Waals surface area contributed by atoms with Crippen molar-refractivity contribution < 1.29 is 15.0 Å². The van der Waals surface area contributed by atoms with Gasteiger partial charge in [-0.05, 0) is 25.0 Å². The number of carboxylic acid groups (broad SMARTS) is 1. The van der Waals surface area contributed by atoms with E-state index in [0.29, 0.717) is 29.9 Å². The van der Waals surface area contributed by atoms with Crippen molar-refractivity contribution in [1.82, 2.24) is 15.0 Å². The lowest BCUT2D eigenvalue weighted by atomic mass is 10.1. The Bertz CT molecular complexity index is 637. The number of aromatic carboxylic acids is 1. The van der Waals surface area contributed by atoms with Crippen LogP contribution in [0, 0.1) is 6.92 Å². The van der Waals surface area contributed by atoms with E-state index >= 15 is 0 Å². The van der Waals surface area contributed by atoms with Crippen molar-refractivity contribution in [2.45, 2.75) is 19.9 Å². The number of anilines is 1. The minimum Gasteiger partial charge on any atom is -0.476 e. The summed E-state index contributed by atoms with van der Waals surface area (Å²) in [5.74, 6) is -1.14. The minimum absolute atomic E-state index is 0.00224. The van der Waals surface area contributed by atoms with Gasteiger partial charge in [-0.2, -0.15) is 0 Å². The molecule has 0 spiro atoms. The summed E-state index contributed by atoms with van der Waals surface area (Å²) in [5.41, 5.74) is 8.29. The molecule has 0 saturated heterocycles. The summed E-state index contributed by atoms with van der Waals surface area (Å²) >= 11 is 0. The molecule has 0 aliphatic carbocycles. The van der Waals surface area contributed by atoms with Gasteiger partial charge in [-0.3, -0.25) is 0 Å². The lowest BCUT2D eigenvalue weighted by Gasteiger charge is -2.08. The van der Waals surface area contributed by atoms with E-state index < -0.39 is 5.97 Å². The average molecular weight is 276 g/mol. The van der Waals surface area contributed by atoms with Crippen LogP contribution < -0.4 is 5.73 Å². The van der Waals surface area contributed by atoms with Crippen LogP contribution in [0.3, 0.4) is 0 Å². The molecule has 0 atom stereocenters. The van der Waals surface area contributed by atoms with Crippen molar-refractivity contribution in [3.05, 3.63) is 29.5 Å². The van der Waals surface area contributed by atoms with Crippen molar-refractivity contribution in [3.8, 4) is 11.3 Å². The molecule has 0 fully saturated rings. The summed E-state index contributed by atoms with van der Waals surface area (Å²) in [6.07, 6.45) is 0.469. The first-order valence-electron chi connectivity index (χ1n) is 6.18. The van der Waals surface area contributed by atoms with Crippen molar-refractivity contribution >= 4 is 11.7 Å². The molecule has 4 N–H and O–H groups in total. The van der Waals surface area contributed by atoms with Crippen molar-refractivity contribution in [3.63, 3.8) is 0 Å². The fraction of sp³-hybridized carbons (Fsp3) is 0.308. The van der Waals surface area contributed by atoms with Gasteiger partial charge < -0.3 is 15.9 Å². The Hall–Kier alpha value is -2.41. The molecule has 0 radical (unpaired) electrons. The Morgan fingerprint density at radius 3 is 2.80 bits per heavy atom. The van der Waals surface area contributed by atoms with Gasteiger partial charge in [0.25, 0.3) is 0 Å². The summed E-state index contributed by atoms with van der Waals surface area (Å²) in [6, 6.07) is 5.31. The molecular formula is C13H16N4O3. The highest BCUT2D eigenvalue weighted by atomic mass is 16.4. The average Bonchev–Trinajstić information content (AvgIpc) is 2.83. The van der Waals surface area contributed by atoms with Gasteiger partial charge in [-0.25, -0.2) is 9.48 Å². The highest BCUT2D eigenvalue weighted by Gasteiger charge is 2.20. The Kier molecular flexibility index (Phi) is 3.99. The molecular weight excluding hydrogens is 260 g/mol. The normalized spacial score (nSPS) is 10.7. The maximum atomic E-state index is 11.2. The van der Waals surface area contributed by atoms with Crippen molar-refractivity contribution in [2.75, 3.05) is 12.3 Å². The number of aromatic nitrogens is 3. The number of aliphatic hydroxyl groups excluding tert-OH is 1. The van der Waals surface area contributed by atoms with Crippen LogP contribution in [-0.2, 0) is 6.54 Å². The Labute approximate surface area is 115 Å².